The van der Waals surface area contributed by atoms with Crippen LogP contribution in [0.3, 0.4) is 0 Å². The van der Waals surface area contributed by atoms with Crippen molar-refractivity contribution in [2.75, 3.05) is 23.7 Å². The lowest BCUT2D eigenvalue weighted by Crippen LogP contribution is -2.09. The van der Waals surface area contributed by atoms with Crippen molar-refractivity contribution in [3.05, 3.63) is 23.8 Å². The summed E-state index contributed by atoms with van der Waals surface area (Å²) >= 11 is 0. The Hall–Kier alpha value is -0.963. The highest BCUT2D eigenvalue weighted by atomic mass is 28.1. The van der Waals surface area contributed by atoms with Crippen molar-refractivity contribution in [3.63, 3.8) is 0 Å². The molecule has 0 radical (unpaired) electrons. The van der Waals surface area contributed by atoms with Gasteiger partial charge in [-0.3, -0.25) is 0 Å². The normalized spacial score (nSPS) is 12.4. The Kier molecular flexibility index (Phi) is 5.39. The SMILES string of the molecule is CCNc1cccc(C([SiH3])CC)c1NCC. The second-order valence-corrected chi connectivity index (χ2v) is 5.53. The third kappa shape index (κ3) is 3.01. The molecular formula is C13H24N2Si. The molecule has 1 unspecified atom stereocenters. The second kappa shape index (κ2) is 6.58. The van der Waals surface area contributed by atoms with Crippen LogP contribution in [0.1, 0.15) is 38.3 Å². The van der Waals surface area contributed by atoms with Crippen LogP contribution in [0.15, 0.2) is 18.2 Å². The summed E-state index contributed by atoms with van der Waals surface area (Å²) in [7, 11) is 1.22. The van der Waals surface area contributed by atoms with Gasteiger partial charge in [-0.25, -0.2) is 0 Å². The van der Waals surface area contributed by atoms with Crippen LogP contribution in [0.25, 0.3) is 0 Å². The average molecular weight is 236 g/mol. The molecule has 0 bridgehead atoms. The van der Waals surface area contributed by atoms with Crippen LogP contribution in [0.2, 0.25) is 0 Å². The van der Waals surface area contributed by atoms with Crippen LogP contribution in [0.5, 0.6) is 0 Å². The number of anilines is 2. The summed E-state index contributed by atoms with van der Waals surface area (Å²) in [6, 6.07) is 6.59. The van der Waals surface area contributed by atoms with Crippen molar-refractivity contribution in [1.29, 1.82) is 0 Å². The summed E-state index contributed by atoms with van der Waals surface area (Å²) < 4.78 is 0. The highest BCUT2D eigenvalue weighted by Gasteiger charge is 2.11. The molecule has 1 aromatic rings. The van der Waals surface area contributed by atoms with Crippen molar-refractivity contribution in [2.45, 2.75) is 32.7 Å². The number of benzene rings is 1. The highest BCUT2D eigenvalue weighted by Crippen LogP contribution is 2.31. The monoisotopic (exact) mass is 236 g/mol. The molecule has 0 heterocycles. The predicted octanol–water partition coefficient (Wildman–Crippen LogP) is 2.37. The lowest BCUT2D eigenvalue weighted by atomic mass is 10.1. The van der Waals surface area contributed by atoms with Gasteiger partial charge in [0.25, 0.3) is 0 Å². The molecular weight excluding hydrogens is 212 g/mol. The zero-order valence-corrected chi connectivity index (χ0v) is 12.9. The molecule has 2 N–H and O–H groups in total. The van der Waals surface area contributed by atoms with Crippen LogP contribution >= 0.6 is 0 Å². The van der Waals surface area contributed by atoms with Crippen LogP contribution in [-0.4, -0.2) is 23.3 Å². The maximum atomic E-state index is 3.50. The lowest BCUT2D eigenvalue weighted by molar-refractivity contribution is 0.882. The minimum absolute atomic E-state index is 0.743. The second-order valence-electron chi connectivity index (χ2n) is 4.14. The van der Waals surface area contributed by atoms with Gasteiger partial charge in [0, 0.05) is 23.3 Å². The van der Waals surface area contributed by atoms with Crippen LogP contribution in [-0.2, 0) is 0 Å². The fraction of sp³-hybridized carbons (Fsp3) is 0.538. The quantitative estimate of drug-likeness (QED) is 0.741. The first-order valence-corrected chi connectivity index (χ1v) is 7.50. The van der Waals surface area contributed by atoms with Gasteiger partial charge in [-0.2, -0.15) is 0 Å². The number of hydrogen-bond donors (Lipinski definition) is 2. The summed E-state index contributed by atoms with van der Waals surface area (Å²) in [4.78, 5) is 0. The molecule has 1 aromatic carbocycles. The molecule has 0 saturated carbocycles. The van der Waals surface area contributed by atoms with Crippen LogP contribution < -0.4 is 10.6 Å². The maximum Gasteiger partial charge on any atom is 0.0607 e. The first kappa shape index (κ1) is 13.1. The largest absolute Gasteiger partial charge is 0.384 e. The Morgan fingerprint density at radius 2 is 1.81 bits per heavy atom. The number of para-hydroxylation sites is 1. The van der Waals surface area contributed by atoms with Crippen LogP contribution in [0.4, 0.5) is 11.4 Å². The minimum atomic E-state index is 0.743. The Morgan fingerprint density at radius 3 is 2.38 bits per heavy atom. The molecule has 0 aromatic heterocycles. The summed E-state index contributed by atoms with van der Waals surface area (Å²) in [6.45, 7) is 8.52. The van der Waals surface area contributed by atoms with E-state index in [9.17, 15) is 0 Å². The summed E-state index contributed by atoms with van der Waals surface area (Å²) in [5.41, 5.74) is 4.78. The molecule has 0 saturated heterocycles. The molecule has 3 heteroatoms. The van der Waals surface area contributed by atoms with Gasteiger partial charge >= 0.3 is 0 Å². The minimum Gasteiger partial charge on any atom is -0.384 e. The van der Waals surface area contributed by atoms with Crippen molar-refractivity contribution in [3.8, 4) is 0 Å². The summed E-state index contributed by atoms with van der Waals surface area (Å²) in [6.07, 6.45) is 1.24. The Bertz CT molecular complexity index is 326. The fourth-order valence-electron chi connectivity index (χ4n) is 1.91. The van der Waals surface area contributed by atoms with E-state index >= 15 is 0 Å². The Morgan fingerprint density at radius 1 is 1.12 bits per heavy atom. The molecule has 0 amide bonds. The Balaban J connectivity index is 3.09. The number of rotatable bonds is 6. The highest BCUT2D eigenvalue weighted by molar-refractivity contribution is 6.13. The molecule has 0 spiro atoms. The number of hydrogen-bond acceptors (Lipinski definition) is 2. The zero-order chi connectivity index (χ0) is 12.0. The molecule has 0 aliphatic heterocycles. The van der Waals surface area contributed by atoms with E-state index in [1.54, 1.807) is 0 Å². The van der Waals surface area contributed by atoms with E-state index in [1.807, 2.05) is 0 Å². The Labute approximate surface area is 102 Å². The first-order valence-electron chi connectivity index (χ1n) is 6.35. The predicted molar refractivity (Wildman–Crippen MR) is 77.7 cm³/mol. The van der Waals surface area contributed by atoms with Gasteiger partial charge in [0.05, 0.1) is 11.4 Å². The van der Waals surface area contributed by atoms with Crippen molar-refractivity contribution < 1.29 is 0 Å². The van der Waals surface area contributed by atoms with Gasteiger partial charge in [0.15, 0.2) is 0 Å². The van der Waals surface area contributed by atoms with E-state index in [0.29, 0.717) is 0 Å². The lowest BCUT2D eigenvalue weighted by Gasteiger charge is -2.20. The fourth-order valence-corrected chi connectivity index (χ4v) is 2.39. The first-order chi connectivity index (χ1) is 7.74. The zero-order valence-electron chi connectivity index (χ0n) is 10.9. The van der Waals surface area contributed by atoms with E-state index in [2.05, 4.69) is 49.6 Å². The van der Waals surface area contributed by atoms with Crippen molar-refractivity contribution in [1.82, 2.24) is 0 Å². The molecule has 2 nitrogen and oxygen atoms in total. The van der Waals surface area contributed by atoms with Gasteiger partial charge < -0.3 is 10.6 Å². The van der Waals surface area contributed by atoms with Crippen molar-refractivity contribution in [2.24, 2.45) is 0 Å². The van der Waals surface area contributed by atoms with Crippen molar-refractivity contribution >= 4 is 21.6 Å². The van der Waals surface area contributed by atoms with E-state index < -0.39 is 0 Å². The van der Waals surface area contributed by atoms with Gasteiger partial charge in [-0.15, -0.1) is 0 Å². The van der Waals surface area contributed by atoms with Gasteiger partial charge in [0.1, 0.15) is 0 Å². The molecule has 0 aliphatic carbocycles. The van der Waals surface area contributed by atoms with Gasteiger partial charge in [-0.1, -0.05) is 25.5 Å². The third-order valence-electron chi connectivity index (χ3n) is 2.96. The molecule has 1 atom stereocenters. The topological polar surface area (TPSA) is 24.1 Å². The van der Waals surface area contributed by atoms with Gasteiger partial charge in [-0.05, 0) is 31.0 Å². The summed E-state index contributed by atoms with van der Waals surface area (Å²) in [5.74, 6) is 0. The van der Waals surface area contributed by atoms with E-state index in [1.165, 1.54) is 33.6 Å². The summed E-state index contributed by atoms with van der Waals surface area (Å²) in [5, 5.41) is 6.94. The van der Waals surface area contributed by atoms with E-state index in [0.717, 1.165) is 18.6 Å². The van der Waals surface area contributed by atoms with Gasteiger partial charge in [0.2, 0.25) is 0 Å². The van der Waals surface area contributed by atoms with E-state index in [-0.39, 0.29) is 0 Å². The molecule has 16 heavy (non-hydrogen) atoms. The molecule has 0 fully saturated rings. The smallest absolute Gasteiger partial charge is 0.0607 e. The van der Waals surface area contributed by atoms with E-state index in [4.69, 9.17) is 0 Å². The van der Waals surface area contributed by atoms with Crippen LogP contribution in [0, 0.1) is 0 Å². The molecule has 0 aliphatic rings. The maximum absolute atomic E-state index is 3.50. The third-order valence-corrected chi connectivity index (χ3v) is 4.40. The molecule has 1 rings (SSSR count). The standard InChI is InChI=1S/C13H24N2Si/c1-4-12(16)10-8-7-9-11(14-5-2)13(10)15-6-3/h7-9,12,14-15H,4-6H2,1-3,16H3. The number of nitrogens with one attached hydrogen (secondary N) is 2. The molecule has 90 valence electrons. The average Bonchev–Trinajstić information content (AvgIpc) is 2.31.